The van der Waals surface area contributed by atoms with Crippen molar-refractivity contribution in [2.75, 3.05) is 18.6 Å². The van der Waals surface area contributed by atoms with Gasteiger partial charge >= 0.3 is 0 Å². The van der Waals surface area contributed by atoms with Crippen molar-refractivity contribution in [3.63, 3.8) is 0 Å². The average Bonchev–Trinajstić information content (AvgIpc) is 2.46. The fourth-order valence-corrected chi connectivity index (χ4v) is 2.13. The summed E-state index contributed by atoms with van der Waals surface area (Å²) in [4.78, 5) is 22.6. The van der Waals surface area contributed by atoms with Crippen molar-refractivity contribution in [2.24, 2.45) is 0 Å². The predicted octanol–water partition coefficient (Wildman–Crippen LogP) is 1.16. The Morgan fingerprint density at radius 1 is 1.19 bits per heavy atom. The van der Waals surface area contributed by atoms with Crippen LogP contribution in [0.2, 0.25) is 0 Å². The SMILES string of the molecule is COc1ncc(-c2ccc3nc(N)[nH]c(=O)c3c2)cc1N. The number of methoxy groups -OCH3 is 1. The Bertz CT molecular complexity index is 888. The second kappa shape index (κ2) is 4.78. The van der Waals surface area contributed by atoms with Crippen LogP contribution in [-0.2, 0) is 0 Å². The van der Waals surface area contributed by atoms with E-state index in [9.17, 15) is 4.79 Å². The molecule has 0 aliphatic heterocycles. The first-order chi connectivity index (χ1) is 10.1. The first-order valence-corrected chi connectivity index (χ1v) is 6.18. The standard InChI is InChI=1S/C14H13N5O2/c1-21-13-10(15)5-8(6-17-13)7-2-3-11-9(4-7)12(20)19-14(16)18-11/h2-6H,15H2,1H3,(H3,16,18,19,20). The topological polar surface area (TPSA) is 120 Å². The second-order valence-electron chi connectivity index (χ2n) is 4.51. The molecule has 3 aromatic rings. The molecule has 0 amide bonds. The van der Waals surface area contributed by atoms with Crippen molar-refractivity contribution >= 4 is 22.5 Å². The molecule has 0 spiro atoms. The van der Waals surface area contributed by atoms with Gasteiger partial charge in [-0.1, -0.05) is 6.07 Å². The van der Waals surface area contributed by atoms with E-state index in [1.54, 1.807) is 24.4 Å². The lowest BCUT2D eigenvalue weighted by Crippen LogP contribution is -2.11. The Morgan fingerprint density at radius 3 is 2.71 bits per heavy atom. The minimum Gasteiger partial charge on any atom is -0.480 e. The lowest BCUT2D eigenvalue weighted by molar-refractivity contribution is 0.400. The summed E-state index contributed by atoms with van der Waals surface area (Å²) >= 11 is 0. The highest BCUT2D eigenvalue weighted by Crippen LogP contribution is 2.27. The van der Waals surface area contributed by atoms with Crippen LogP contribution in [0.5, 0.6) is 5.88 Å². The average molecular weight is 283 g/mol. The van der Waals surface area contributed by atoms with Crippen LogP contribution in [0, 0.1) is 0 Å². The van der Waals surface area contributed by atoms with Gasteiger partial charge in [0.25, 0.3) is 5.56 Å². The molecule has 0 unspecified atom stereocenters. The largest absolute Gasteiger partial charge is 0.480 e. The monoisotopic (exact) mass is 283 g/mol. The first-order valence-electron chi connectivity index (χ1n) is 6.18. The highest BCUT2D eigenvalue weighted by Gasteiger charge is 2.07. The molecule has 0 aliphatic carbocycles. The summed E-state index contributed by atoms with van der Waals surface area (Å²) < 4.78 is 5.02. The van der Waals surface area contributed by atoms with E-state index in [2.05, 4.69) is 15.0 Å². The van der Waals surface area contributed by atoms with E-state index >= 15 is 0 Å². The third kappa shape index (κ3) is 2.25. The highest BCUT2D eigenvalue weighted by molar-refractivity contribution is 5.84. The number of fused-ring (bicyclic) bond motifs is 1. The molecule has 7 heteroatoms. The third-order valence-corrected chi connectivity index (χ3v) is 3.13. The summed E-state index contributed by atoms with van der Waals surface area (Å²) in [6.07, 6.45) is 1.63. The van der Waals surface area contributed by atoms with Gasteiger partial charge in [-0.15, -0.1) is 0 Å². The van der Waals surface area contributed by atoms with Crippen molar-refractivity contribution in [3.8, 4) is 17.0 Å². The van der Waals surface area contributed by atoms with Gasteiger partial charge in [0.05, 0.1) is 23.7 Å². The Kier molecular flexibility index (Phi) is 2.94. The molecule has 0 saturated carbocycles. The molecule has 0 radical (unpaired) electrons. The zero-order valence-electron chi connectivity index (χ0n) is 11.3. The van der Waals surface area contributed by atoms with Crippen molar-refractivity contribution < 1.29 is 4.74 Å². The van der Waals surface area contributed by atoms with Crippen LogP contribution in [0.4, 0.5) is 11.6 Å². The molecular weight excluding hydrogens is 270 g/mol. The molecule has 0 aliphatic rings. The Balaban J connectivity index is 2.17. The molecule has 0 fully saturated rings. The van der Waals surface area contributed by atoms with Gasteiger partial charge in [0.1, 0.15) is 0 Å². The van der Waals surface area contributed by atoms with Crippen LogP contribution in [-0.4, -0.2) is 22.1 Å². The van der Waals surface area contributed by atoms with Gasteiger partial charge in [0.2, 0.25) is 11.8 Å². The van der Waals surface area contributed by atoms with Gasteiger partial charge in [0, 0.05) is 11.8 Å². The minimum atomic E-state index is -0.284. The van der Waals surface area contributed by atoms with E-state index in [4.69, 9.17) is 16.2 Å². The van der Waals surface area contributed by atoms with Gasteiger partial charge in [-0.3, -0.25) is 9.78 Å². The molecule has 1 aromatic carbocycles. The summed E-state index contributed by atoms with van der Waals surface area (Å²) in [6.45, 7) is 0. The van der Waals surface area contributed by atoms with Crippen LogP contribution in [0.15, 0.2) is 35.3 Å². The molecule has 0 bridgehead atoms. The van der Waals surface area contributed by atoms with Gasteiger partial charge in [-0.25, -0.2) is 9.97 Å². The number of nitrogen functional groups attached to an aromatic ring is 2. The maximum absolute atomic E-state index is 11.9. The van der Waals surface area contributed by atoms with E-state index in [0.29, 0.717) is 22.5 Å². The number of pyridine rings is 1. The number of benzene rings is 1. The number of hydrogen-bond acceptors (Lipinski definition) is 6. The smallest absolute Gasteiger partial charge is 0.260 e. The zero-order valence-corrected chi connectivity index (χ0v) is 11.3. The van der Waals surface area contributed by atoms with Crippen LogP contribution < -0.4 is 21.8 Å². The molecule has 2 aromatic heterocycles. The Morgan fingerprint density at radius 2 is 2.00 bits per heavy atom. The predicted molar refractivity (Wildman–Crippen MR) is 81.0 cm³/mol. The van der Waals surface area contributed by atoms with Crippen LogP contribution in [0.3, 0.4) is 0 Å². The molecule has 3 rings (SSSR count). The molecule has 2 heterocycles. The lowest BCUT2D eigenvalue weighted by Gasteiger charge is -2.07. The summed E-state index contributed by atoms with van der Waals surface area (Å²) in [5.41, 5.74) is 13.6. The first kappa shape index (κ1) is 12.9. The molecule has 106 valence electrons. The number of nitrogens with one attached hydrogen (secondary N) is 1. The molecule has 0 atom stereocenters. The second-order valence-corrected chi connectivity index (χ2v) is 4.51. The maximum atomic E-state index is 11.9. The van der Waals surface area contributed by atoms with E-state index in [1.807, 2.05) is 6.07 Å². The van der Waals surface area contributed by atoms with Crippen molar-refractivity contribution in [1.29, 1.82) is 0 Å². The molecular formula is C14H13N5O2. The van der Waals surface area contributed by atoms with E-state index in [1.165, 1.54) is 7.11 Å². The van der Waals surface area contributed by atoms with Crippen LogP contribution in [0.25, 0.3) is 22.0 Å². The van der Waals surface area contributed by atoms with E-state index in [0.717, 1.165) is 11.1 Å². The summed E-state index contributed by atoms with van der Waals surface area (Å²) in [6, 6.07) is 7.03. The lowest BCUT2D eigenvalue weighted by atomic mass is 10.1. The Hall–Kier alpha value is -3.09. The summed E-state index contributed by atoms with van der Waals surface area (Å²) in [5, 5.41) is 0.455. The quantitative estimate of drug-likeness (QED) is 0.649. The summed E-state index contributed by atoms with van der Waals surface area (Å²) in [5.74, 6) is 0.461. The van der Waals surface area contributed by atoms with Gasteiger partial charge < -0.3 is 16.2 Å². The summed E-state index contributed by atoms with van der Waals surface area (Å²) in [7, 11) is 1.50. The number of aromatic amines is 1. The van der Waals surface area contributed by atoms with Crippen LogP contribution in [0.1, 0.15) is 0 Å². The maximum Gasteiger partial charge on any atom is 0.260 e. The molecule has 21 heavy (non-hydrogen) atoms. The zero-order chi connectivity index (χ0) is 15.0. The number of rotatable bonds is 2. The number of nitrogens with two attached hydrogens (primary N) is 2. The number of anilines is 2. The molecule has 0 saturated heterocycles. The number of ether oxygens (including phenoxy) is 1. The van der Waals surface area contributed by atoms with E-state index in [-0.39, 0.29) is 11.5 Å². The minimum absolute atomic E-state index is 0.0932. The van der Waals surface area contributed by atoms with Crippen molar-refractivity contribution in [3.05, 3.63) is 40.8 Å². The number of hydrogen-bond donors (Lipinski definition) is 3. The number of H-pyrrole nitrogens is 1. The highest BCUT2D eigenvalue weighted by atomic mass is 16.5. The normalized spacial score (nSPS) is 10.7. The van der Waals surface area contributed by atoms with Gasteiger partial charge in [-0.05, 0) is 23.8 Å². The third-order valence-electron chi connectivity index (χ3n) is 3.13. The van der Waals surface area contributed by atoms with Crippen molar-refractivity contribution in [1.82, 2.24) is 15.0 Å². The Labute approximate surface area is 119 Å². The van der Waals surface area contributed by atoms with Gasteiger partial charge in [0.15, 0.2) is 0 Å². The fraction of sp³-hybridized carbons (Fsp3) is 0.0714. The fourth-order valence-electron chi connectivity index (χ4n) is 2.13. The van der Waals surface area contributed by atoms with Crippen molar-refractivity contribution in [2.45, 2.75) is 0 Å². The molecule has 7 nitrogen and oxygen atoms in total. The van der Waals surface area contributed by atoms with E-state index < -0.39 is 0 Å². The molecule has 5 N–H and O–H groups in total. The van der Waals surface area contributed by atoms with Gasteiger partial charge in [-0.2, -0.15) is 0 Å². The number of nitrogens with zero attached hydrogens (tertiary/aromatic N) is 2. The number of aromatic nitrogens is 3. The van der Waals surface area contributed by atoms with Crippen LogP contribution >= 0.6 is 0 Å².